The summed E-state index contributed by atoms with van der Waals surface area (Å²) in [5.74, 6) is 0.421. The SMILES string of the molecule is COC(=O)/C=C/c1cc(Cl)c(OCc2cccc(-c3ccccc3)c2Br)cc1OCc1ccc2nonc2c1. The van der Waals surface area contributed by atoms with Crippen LogP contribution in [0.4, 0.5) is 0 Å². The molecule has 0 saturated carbocycles. The molecule has 0 amide bonds. The Labute approximate surface area is 238 Å². The molecule has 0 saturated heterocycles. The van der Waals surface area contributed by atoms with E-state index in [9.17, 15) is 4.79 Å². The van der Waals surface area contributed by atoms with Crippen LogP contribution in [0, 0.1) is 0 Å². The molecule has 9 heteroatoms. The van der Waals surface area contributed by atoms with Gasteiger partial charge in [-0.15, -0.1) is 0 Å². The van der Waals surface area contributed by atoms with Gasteiger partial charge in [0.25, 0.3) is 0 Å². The summed E-state index contributed by atoms with van der Waals surface area (Å²) in [7, 11) is 1.31. The van der Waals surface area contributed by atoms with Crippen molar-refractivity contribution in [1.29, 1.82) is 0 Å². The topological polar surface area (TPSA) is 83.7 Å². The maximum absolute atomic E-state index is 11.7. The number of rotatable bonds is 9. The molecule has 5 aromatic rings. The Hall–Kier alpha value is -4.14. The predicted molar refractivity (Wildman–Crippen MR) is 153 cm³/mol. The van der Waals surface area contributed by atoms with E-state index in [4.69, 9.17) is 30.4 Å². The van der Waals surface area contributed by atoms with Crippen LogP contribution in [-0.4, -0.2) is 23.4 Å². The summed E-state index contributed by atoms with van der Waals surface area (Å²) in [6.45, 7) is 0.501. The molecule has 0 aliphatic heterocycles. The number of nitrogens with zero attached hydrogens (tertiary/aromatic N) is 2. The average molecular weight is 606 g/mol. The number of esters is 1. The van der Waals surface area contributed by atoms with E-state index in [1.54, 1.807) is 24.3 Å². The minimum Gasteiger partial charge on any atom is -0.488 e. The second-order valence-electron chi connectivity index (χ2n) is 8.49. The highest BCUT2D eigenvalue weighted by Crippen LogP contribution is 2.36. The van der Waals surface area contributed by atoms with Gasteiger partial charge in [0.2, 0.25) is 0 Å². The van der Waals surface area contributed by atoms with Crippen molar-refractivity contribution in [3.05, 3.63) is 111 Å². The van der Waals surface area contributed by atoms with Gasteiger partial charge in [0, 0.05) is 27.7 Å². The first kappa shape index (κ1) is 26.5. The smallest absolute Gasteiger partial charge is 0.330 e. The van der Waals surface area contributed by atoms with Gasteiger partial charge < -0.3 is 14.2 Å². The number of carbonyl (C=O) groups is 1. The molecule has 196 valence electrons. The lowest BCUT2D eigenvalue weighted by atomic mass is 10.0. The number of fused-ring (bicyclic) bond motifs is 1. The van der Waals surface area contributed by atoms with Gasteiger partial charge in [0.1, 0.15) is 35.7 Å². The molecule has 0 bridgehead atoms. The molecule has 39 heavy (non-hydrogen) atoms. The predicted octanol–water partition coefficient (Wildman–Crippen LogP) is 7.65. The molecule has 4 aromatic carbocycles. The van der Waals surface area contributed by atoms with Crippen LogP contribution >= 0.6 is 27.5 Å². The standard InChI is InChI=1S/C30H22BrClN2O5/c1-36-29(35)13-11-21-15-24(32)28(16-27(21)37-17-19-10-12-25-26(14-19)34-39-33-25)38-18-22-8-5-9-23(30(22)31)20-6-3-2-4-7-20/h2-16H,17-18H2,1H3/b13-11+. The third-order valence-corrected chi connectivity index (χ3v) is 7.16. The minimum absolute atomic E-state index is 0.230. The molecule has 0 aliphatic rings. The van der Waals surface area contributed by atoms with Crippen LogP contribution in [0.2, 0.25) is 5.02 Å². The van der Waals surface area contributed by atoms with Gasteiger partial charge in [0.15, 0.2) is 0 Å². The quantitative estimate of drug-likeness (QED) is 0.126. The van der Waals surface area contributed by atoms with Crippen LogP contribution < -0.4 is 9.47 Å². The first-order valence-electron chi connectivity index (χ1n) is 11.9. The van der Waals surface area contributed by atoms with E-state index in [1.807, 2.05) is 42.5 Å². The summed E-state index contributed by atoms with van der Waals surface area (Å²) < 4.78 is 22.7. The Morgan fingerprint density at radius 2 is 1.72 bits per heavy atom. The van der Waals surface area contributed by atoms with Crippen molar-refractivity contribution in [2.24, 2.45) is 0 Å². The molecule has 1 aromatic heterocycles. The molecule has 0 radical (unpaired) electrons. The molecule has 0 atom stereocenters. The molecule has 0 aliphatic carbocycles. The highest BCUT2D eigenvalue weighted by Gasteiger charge is 2.14. The van der Waals surface area contributed by atoms with Crippen molar-refractivity contribution in [3.63, 3.8) is 0 Å². The molecule has 7 nitrogen and oxygen atoms in total. The van der Waals surface area contributed by atoms with Crippen LogP contribution in [0.5, 0.6) is 11.5 Å². The summed E-state index contributed by atoms with van der Waals surface area (Å²) in [6, 6.07) is 25.1. The van der Waals surface area contributed by atoms with E-state index in [-0.39, 0.29) is 13.2 Å². The fourth-order valence-electron chi connectivity index (χ4n) is 3.91. The Morgan fingerprint density at radius 1 is 0.923 bits per heavy atom. The summed E-state index contributed by atoms with van der Waals surface area (Å²) in [5.41, 5.74) is 5.86. The first-order chi connectivity index (χ1) is 19.0. The second kappa shape index (κ2) is 12.1. The van der Waals surface area contributed by atoms with E-state index in [1.165, 1.54) is 13.2 Å². The van der Waals surface area contributed by atoms with Gasteiger partial charge in [-0.25, -0.2) is 9.42 Å². The average Bonchev–Trinajstić information content (AvgIpc) is 3.44. The molecule has 0 N–H and O–H groups in total. The zero-order valence-corrected chi connectivity index (χ0v) is 23.1. The van der Waals surface area contributed by atoms with Crippen molar-refractivity contribution in [2.75, 3.05) is 7.11 Å². The van der Waals surface area contributed by atoms with Crippen LogP contribution in [0.15, 0.2) is 94.0 Å². The van der Waals surface area contributed by atoms with E-state index in [0.29, 0.717) is 33.1 Å². The summed E-state index contributed by atoms with van der Waals surface area (Å²) >= 11 is 10.3. The summed E-state index contributed by atoms with van der Waals surface area (Å²) in [5, 5.41) is 8.07. The van der Waals surface area contributed by atoms with Gasteiger partial charge in [-0.3, -0.25) is 0 Å². The van der Waals surface area contributed by atoms with Gasteiger partial charge in [-0.1, -0.05) is 66.2 Å². The van der Waals surface area contributed by atoms with Gasteiger partial charge in [-0.2, -0.15) is 0 Å². The molecular weight excluding hydrogens is 584 g/mol. The van der Waals surface area contributed by atoms with Crippen molar-refractivity contribution in [3.8, 4) is 22.6 Å². The lowest BCUT2D eigenvalue weighted by molar-refractivity contribution is -0.134. The van der Waals surface area contributed by atoms with E-state index < -0.39 is 5.97 Å². The Kier molecular flexibility index (Phi) is 8.24. The van der Waals surface area contributed by atoms with Gasteiger partial charge >= 0.3 is 5.97 Å². The molecule has 0 spiro atoms. The Bertz CT molecular complexity index is 1650. The minimum atomic E-state index is -0.496. The van der Waals surface area contributed by atoms with E-state index >= 15 is 0 Å². The van der Waals surface area contributed by atoms with Crippen LogP contribution in [-0.2, 0) is 22.7 Å². The number of carbonyl (C=O) groups excluding carboxylic acids is 1. The number of ether oxygens (including phenoxy) is 3. The molecule has 0 fully saturated rings. The molecule has 0 unspecified atom stereocenters. The number of halogens is 2. The fraction of sp³-hybridized carbons (Fsp3) is 0.100. The van der Waals surface area contributed by atoms with E-state index in [0.717, 1.165) is 26.7 Å². The second-order valence-corrected chi connectivity index (χ2v) is 9.69. The maximum Gasteiger partial charge on any atom is 0.330 e. The van der Waals surface area contributed by atoms with Gasteiger partial charge in [-0.05, 0) is 67.2 Å². The molecule has 1 heterocycles. The monoisotopic (exact) mass is 604 g/mol. The number of methoxy groups -OCH3 is 1. The molecule has 5 rings (SSSR count). The summed E-state index contributed by atoms with van der Waals surface area (Å²) in [6.07, 6.45) is 2.89. The Morgan fingerprint density at radius 3 is 2.54 bits per heavy atom. The normalized spacial score (nSPS) is 11.2. The maximum atomic E-state index is 11.7. The summed E-state index contributed by atoms with van der Waals surface area (Å²) in [4.78, 5) is 11.7. The zero-order valence-electron chi connectivity index (χ0n) is 20.8. The third-order valence-electron chi connectivity index (χ3n) is 5.92. The van der Waals surface area contributed by atoms with Crippen LogP contribution in [0.25, 0.3) is 28.2 Å². The first-order valence-corrected chi connectivity index (χ1v) is 13.1. The zero-order chi connectivity index (χ0) is 27.2. The van der Waals surface area contributed by atoms with Crippen molar-refractivity contribution in [1.82, 2.24) is 10.3 Å². The third kappa shape index (κ3) is 6.30. The van der Waals surface area contributed by atoms with Gasteiger partial charge in [0.05, 0.1) is 12.1 Å². The number of hydrogen-bond acceptors (Lipinski definition) is 7. The lowest BCUT2D eigenvalue weighted by Crippen LogP contribution is -2.01. The van der Waals surface area contributed by atoms with Crippen LogP contribution in [0.1, 0.15) is 16.7 Å². The highest BCUT2D eigenvalue weighted by atomic mass is 79.9. The number of benzene rings is 4. The highest BCUT2D eigenvalue weighted by molar-refractivity contribution is 9.10. The number of hydrogen-bond donors (Lipinski definition) is 0. The van der Waals surface area contributed by atoms with Crippen molar-refractivity contribution in [2.45, 2.75) is 13.2 Å². The lowest BCUT2D eigenvalue weighted by Gasteiger charge is -2.15. The number of aromatic nitrogens is 2. The fourth-order valence-corrected chi connectivity index (χ4v) is 4.74. The largest absolute Gasteiger partial charge is 0.488 e. The van der Waals surface area contributed by atoms with E-state index in [2.05, 4.69) is 44.4 Å². The van der Waals surface area contributed by atoms with Crippen molar-refractivity contribution >= 4 is 50.6 Å². The van der Waals surface area contributed by atoms with Crippen molar-refractivity contribution < 1.29 is 23.6 Å². The van der Waals surface area contributed by atoms with Crippen LogP contribution in [0.3, 0.4) is 0 Å². The Balaban J connectivity index is 1.40. The molecular formula is C30H22BrClN2O5.